The van der Waals surface area contributed by atoms with Gasteiger partial charge in [-0.15, -0.1) is 0 Å². The molecule has 2 atom stereocenters. The fraction of sp³-hybridized carbons (Fsp3) is 0.310. The number of nitrogens with one attached hydrogen (secondary N) is 3. The summed E-state index contributed by atoms with van der Waals surface area (Å²) in [6.07, 6.45) is 2.03. The molecule has 10 heteroatoms. The molecular formula is C29H31FN6O3. The maximum atomic E-state index is 13.9. The quantitative estimate of drug-likeness (QED) is 0.314. The molecule has 0 spiro atoms. The highest BCUT2D eigenvalue weighted by atomic mass is 19.1. The van der Waals surface area contributed by atoms with Crippen LogP contribution in [0.4, 0.5) is 10.1 Å². The Morgan fingerprint density at radius 2 is 1.90 bits per heavy atom. The van der Waals surface area contributed by atoms with Crippen molar-refractivity contribution in [3.05, 3.63) is 83.2 Å². The number of hydrogen-bond acceptors (Lipinski definition) is 5. The van der Waals surface area contributed by atoms with E-state index < -0.39 is 23.7 Å². The van der Waals surface area contributed by atoms with Crippen molar-refractivity contribution < 1.29 is 18.7 Å². The molecule has 202 valence electrons. The molecule has 1 aliphatic rings. The Labute approximate surface area is 225 Å². The van der Waals surface area contributed by atoms with E-state index in [0.29, 0.717) is 35.7 Å². The van der Waals surface area contributed by atoms with Gasteiger partial charge in [0.1, 0.15) is 23.3 Å². The van der Waals surface area contributed by atoms with Crippen LogP contribution in [0.5, 0.6) is 5.75 Å². The molecule has 0 unspecified atom stereocenters. The van der Waals surface area contributed by atoms with Crippen molar-refractivity contribution in [2.45, 2.75) is 52.1 Å². The topological polar surface area (TPSA) is 114 Å². The lowest BCUT2D eigenvalue weighted by atomic mass is 9.85. The molecule has 0 aliphatic carbocycles. The van der Waals surface area contributed by atoms with Crippen LogP contribution in [0.15, 0.2) is 54.7 Å². The van der Waals surface area contributed by atoms with Gasteiger partial charge in [0.25, 0.3) is 5.91 Å². The second-order valence-corrected chi connectivity index (χ2v) is 10.0. The lowest BCUT2D eigenvalue weighted by Crippen LogP contribution is -2.49. The first-order chi connectivity index (χ1) is 18.7. The Morgan fingerprint density at radius 3 is 2.59 bits per heavy atom. The van der Waals surface area contributed by atoms with Gasteiger partial charge in [-0.3, -0.25) is 19.4 Å². The molecule has 1 aliphatic heterocycles. The third kappa shape index (κ3) is 5.27. The molecule has 0 fully saturated rings. The molecule has 4 aromatic rings. The van der Waals surface area contributed by atoms with Crippen molar-refractivity contribution in [2.75, 3.05) is 11.9 Å². The lowest BCUT2D eigenvalue weighted by molar-refractivity contribution is -0.118. The number of fused-ring (bicyclic) bond motifs is 1. The number of aromatic amines is 1. The largest absolute Gasteiger partial charge is 0.493 e. The van der Waals surface area contributed by atoms with Crippen LogP contribution in [-0.4, -0.2) is 44.4 Å². The predicted molar refractivity (Wildman–Crippen MR) is 145 cm³/mol. The maximum absolute atomic E-state index is 13.9. The van der Waals surface area contributed by atoms with Crippen molar-refractivity contribution >= 4 is 17.5 Å². The Bertz CT molecular complexity index is 1490. The average molecular weight is 531 g/mol. The number of rotatable bonds is 7. The molecule has 0 saturated heterocycles. The average Bonchev–Trinajstić information content (AvgIpc) is 3.54. The number of anilines is 1. The minimum atomic E-state index is -0.945. The number of hydrogen-bond donors (Lipinski definition) is 3. The maximum Gasteiger partial charge on any atom is 0.270 e. The first-order valence-corrected chi connectivity index (χ1v) is 12.9. The minimum absolute atomic E-state index is 0.0409. The SMILES string of the molecule is Cc1n[nH]c(C)c1-c1ccc(NC(=O)[C@@H](NC(=O)c2ccnn2C(C)C)[C@H]2CCOc3cc(F)ccc32)cc1. The summed E-state index contributed by atoms with van der Waals surface area (Å²) in [5.41, 5.74) is 5.45. The van der Waals surface area contributed by atoms with Crippen molar-refractivity contribution in [1.29, 1.82) is 0 Å². The van der Waals surface area contributed by atoms with E-state index >= 15 is 0 Å². The first-order valence-electron chi connectivity index (χ1n) is 12.9. The van der Waals surface area contributed by atoms with E-state index in [2.05, 4.69) is 25.9 Å². The zero-order chi connectivity index (χ0) is 27.7. The lowest BCUT2D eigenvalue weighted by Gasteiger charge is -2.32. The van der Waals surface area contributed by atoms with Crippen LogP contribution in [0.2, 0.25) is 0 Å². The predicted octanol–water partition coefficient (Wildman–Crippen LogP) is 4.91. The molecule has 2 aromatic carbocycles. The van der Waals surface area contributed by atoms with Crippen LogP contribution < -0.4 is 15.4 Å². The monoisotopic (exact) mass is 530 g/mol. The molecule has 2 aromatic heterocycles. The Balaban J connectivity index is 1.44. The summed E-state index contributed by atoms with van der Waals surface area (Å²) in [6.45, 7) is 8.04. The summed E-state index contributed by atoms with van der Waals surface area (Å²) < 4.78 is 21.2. The molecule has 9 nitrogen and oxygen atoms in total. The van der Waals surface area contributed by atoms with E-state index in [9.17, 15) is 14.0 Å². The van der Waals surface area contributed by atoms with Gasteiger partial charge in [0.15, 0.2) is 0 Å². The number of benzene rings is 2. The highest BCUT2D eigenvalue weighted by molar-refractivity contribution is 6.01. The number of halogens is 1. The summed E-state index contributed by atoms with van der Waals surface area (Å²) in [4.78, 5) is 27.2. The van der Waals surface area contributed by atoms with Gasteiger partial charge in [-0.05, 0) is 63.9 Å². The van der Waals surface area contributed by atoms with Crippen molar-refractivity contribution in [1.82, 2.24) is 25.3 Å². The molecule has 0 bridgehead atoms. The van der Waals surface area contributed by atoms with Gasteiger partial charge in [0, 0.05) is 46.7 Å². The third-order valence-electron chi connectivity index (χ3n) is 6.99. The Hall–Kier alpha value is -4.47. The first kappa shape index (κ1) is 26.1. The van der Waals surface area contributed by atoms with Crippen LogP contribution >= 0.6 is 0 Å². The zero-order valence-corrected chi connectivity index (χ0v) is 22.3. The smallest absolute Gasteiger partial charge is 0.270 e. The fourth-order valence-corrected chi connectivity index (χ4v) is 5.12. The van der Waals surface area contributed by atoms with Crippen molar-refractivity contribution in [2.24, 2.45) is 0 Å². The molecular weight excluding hydrogens is 499 g/mol. The van der Waals surface area contributed by atoms with Gasteiger partial charge in [0.2, 0.25) is 5.91 Å². The van der Waals surface area contributed by atoms with E-state index in [-0.39, 0.29) is 11.9 Å². The van der Waals surface area contributed by atoms with Gasteiger partial charge < -0.3 is 15.4 Å². The summed E-state index contributed by atoms with van der Waals surface area (Å²) in [5.74, 6) is -1.28. The molecule has 0 saturated carbocycles. The molecule has 2 amide bonds. The van der Waals surface area contributed by atoms with Crippen LogP contribution in [0.25, 0.3) is 11.1 Å². The van der Waals surface area contributed by atoms with E-state index in [4.69, 9.17) is 4.74 Å². The number of aromatic nitrogens is 4. The zero-order valence-electron chi connectivity index (χ0n) is 22.3. The highest BCUT2D eigenvalue weighted by Gasteiger charge is 2.36. The van der Waals surface area contributed by atoms with Crippen LogP contribution in [0.1, 0.15) is 59.7 Å². The summed E-state index contributed by atoms with van der Waals surface area (Å²) in [7, 11) is 0. The van der Waals surface area contributed by atoms with E-state index in [1.165, 1.54) is 12.1 Å². The number of amides is 2. The van der Waals surface area contributed by atoms with Gasteiger partial charge >= 0.3 is 0 Å². The number of aryl methyl sites for hydroxylation is 2. The van der Waals surface area contributed by atoms with Gasteiger partial charge in [-0.2, -0.15) is 10.2 Å². The number of ether oxygens (including phenoxy) is 1. The van der Waals surface area contributed by atoms with E-state index in [1.807, 2.05) is 52.0 Å². The fourth-order valence-electron chi connectivity index (χ4n) is 5.12. The number of H-pyrrole nitrogens is 1. The van der Waals surface area contributed by atoms with E-state index in [1.54, 1.807) is 23.0 Å². The van der Waals surface area contributed by atoms with Crippen LogP contribution in [0.3, 0.4) is 0 Å². The van der Waals surface area contributed by atoms with Crippen LogP contribution in [0, 0.1) is 19.7 Å². The standard InChI is InChI=1S/C29H31FN6O3/c1-16(2)36-24(11-13-31-36)28(37)33-27(23-12-14-39-25-15-20(30)7-10-22(23)25)29(38)32-21-8-5-19(6-9-21)26-17(3)34-35-18(26)4/h5-11,13,15-16,23,27H,12,14H2,1-4H3,(H,32,38)(H,33,37)(H,34,35)/t23-,27-/m0/s1. The molecule has 5 rings (SSSR count). The second kappa shape index (κ2) is 10.7. The summed E-state index contributed by atoms with van der Waals surface area (Å²) >= 11 is 0. The van der Waals surface area contributed by atoms with Gasteiger partial charge in [-0.25, -0.2) is 4.39 Å². The van der Waals surface area contributed by atoms with Crippen molar-refractivity contribution in [3.63, 3.8) is 0 Å². The Morgan fingerprint density at radius 1 is 1.13 bits per heavy atom. The normalized spacial score (nSPS) is 15.4. The van der Waals surface area contributed by atoms with Gasteiger partial charge in [0.05, 0.1) is 12.3 Å². The molecule has 3 N–H and O–H groups in total. The highest BCUT2D eigenvalue weighted by Crippen LogP contribution is 2.37. The van der Waals surface area contributed by atoms with Gasteiger partial charge in [-0.1, -0.05) is 18.2 Å². The molecule has 39 heavy (non-hydrogen) atoms. The number of nitrogens with zero attached hydrogens (tertiary/aromatic N) is 3. The second-order valence-electron chi connectivity index (χ2n) is 10.0. The minimum Gasteiger partial charge on any atom is -0.493 e. The summed E-state index contributed by atoms with van der Waals surface area (Å²) in [6, 6.07) is 12.4. The third-order valence-corrected chi connectivity index (χ3v) is 6.99. The molecule has 3 heterocycles. The number of carbonyl (C=O) groups is 2. The summed E-state index contributed by atoms with van der Waals surface area (Å²) in [5, 5.41) is 17.4. The molecule has 0 radical (unpaired) electrons. The van der Waals surface area contributed by atoms with E-state index in [0.717, 1.165) is 22.5 Å². The van der Waals surface area contributed by atoms with Crippen molar-refractivity contribution in [3.8, 4) is 16.9 Å². The van der Waals surface area contributed by atoms with Crippen LogP contribution in [-0.2, 0) is 4.79 Å². The number of carbonyl (C=O) groups excluding carboxylic acids is 2. The Kier molecular flexibility index (Phi) is 7.19.